The summed E-state index contributed by atoms with van der Waals surface area (Å²) in [6, 6.07) is 11.0. The van der Waals surface area contributed by atoms with Crippen LogP contribution in [0.4, 0.5) is 4.39 Å². The molecule has 0 aliphatic rings. The highest BCUT2D eigenvalue weighted by atomic mass is 79.9. The Morgan fingerprint density at radius 2 is 2.12 bits per heavy atom. The van der Waals surface area contributed by atoms with Crippen LogP contribution in [-0.2, 0) is 11.3 Å². The van der Waals surface area contributed by atoms with E-state index in [2.05, 4.69) is 26.1 Å². The van der Waals surface area contributed by atoms with Gasteiger partial charge in [0.1, 0.15) is 5.82 Å². The lowest BCUT2D eigenvalue weighted by Crippen LogP contribution is -2.07. The van der Waals surface area contributed by atoms with Crippen molar-refractivity contribution in [2.24, 2.45) is 0 Å². The molecule has 0 unspecified atom stereocenters. The molecule has 3 rings (SSSR count). The number of hydrogen-bond acceptors (Lipinski definition) is 5. The van der Waals surface area contributed by atoms with Crippen molar-refractivity contribution < 1.29 is 18.4 Å². The molecular weight excluding hydrogens is 403 g/mol. The molecule has 0 fully saturated rings. The minimum Gasteiger partial charge on any atom is -0.452 e. The highest BCUT2D eigenvalue weighted by Gasteiger charge is 2.16. The summed E-state index contributed by atoms with van der Waals surface area (Å²) in [5.41, 5.74) is 0.487. The predicted molar refractivity (Wildman–Crippen MR) is 88.0 cm³/mol. The third-order valence-electron chi connectivity index (χ3n) is 3.03. The second-order valence-corrected chi connectivity index (χ2v) is 6.07. The van der Waals surface area contributed by atoms with Gasteiger partial charge in [-0.25, -0.2) is 9.18 Å². The average Bonchev–Trinajstić information content (AvgIpc) is 3.04. The molecule has 1 heterocycles. The minimum atomic E-state index is -0.864. The van der Waals surface area contributed by atoms with Gasteiger partial charge in [-0.15, -0.1) is 0 Å². The lowest BCUT2D eigenvalue weighted by molar-refractivity contribution is 0.0424. The van der Waals surface area contributed by atoms with Gasteiger partial charge in [-0.3, -0.25) is 0 Å². The fraction of sp³-hybridized carbons (Fsp3) is 0.0625. The summed E-state index contributed by atoms with van der Waals surface area (Å²) in [5.74, 6) is -1.13. The van der Waals surface area contributed by atoms with Crippen LogP contribution in [0.5, 0.6) is 0 Å². The summed E-state index contributed by atoms with van der Waals surface area (Å²) in [5, 5.41) is 4.05. The zero-order valence-corrected chi connectivity index (χ0v) is 14.3. The van der Waals surface area contributed by atoms with E-state index in [1.807, 2.05) is 24.3 Å². The first-order valence-corrected chi connectivity index (χ1v) is 7.91. The second-order valence-electron chi connectivity index (χ2n) is 4.72. The molecule has 0 amide bonds. The van der Waals surface area contributed by atoms with Gasteiger partial charge in [-0.05, 0) is 30.3 Å². The molecule has 0 aliphatic heterocycles. The van der Waals surface area contributed by atoms with Crippen molar-refractivity contribution in [3.8, 4) is 11.4 Å². The van der Waals surface area contributed by atoms with Gasteiger partial charge < -0.3 is 9.26 Å². The maximum atomic E-state index is 13.6. The Kier molecular flexibility index (Phi) is 4.92. The number of esters is 1. The van der Waals surface area contributed by atoms with Gasteiger partial charge in [0, 0.05) is 15.1 Å². The summed E-state index contributed by atoms with van der Waals surface area (Å²) in [6.07, 6.45) is 0. The Balaban J connectivity index is 1.69. The minimum absolute atomic E-state index is 0.0979. The molecule has 1 aromatic heterocycles. The van der Waals surface area contributed by atoms with Gasteiger partial charge in [-0.2, -0.15) is 4.98 Å². The van der Waals surface area contributed by atoms with Crippen LogP contribution >= 0.6 is 27.5 Å². The van der Waals surface area contributed by atoms with E-state index in [0.717, 1.165) is 16.1 Å². The molecule has 2 aromatic carbocycles. The smallest absolute Gasteiger partial charge is 0.341 e. The largest absolute Gasteiger partial charge is 0.452 e. The van der Waals surface area contributed by atoms with Gasteiger partial charge in [0.2, 0.25) is 5.82 Å². The zero-order chi connectivity index (χ0) is 17.1. The molecule has 0 spiro atoms. The first-order chi connectivity index (χ1) is 11.5. The number of ether oxygens (including phenoxy) is 1. The molecule has 0 atom stereocenters. The summed E-state index contributed by atoms with van der Waals surface area (Å²) >= 11 is 9.10. The number of benzene rings is 2. The highest BCUT2D eigenvalue weighted by molar-refractivity contribution is 9.10. The number of carbonyl (C=O) groups is 1. The van der Waals surface area contributed by atoms with Crippen LogP contribution in [0.1, 0.15) is 16.2 Å². The molecule has 0 aliphatic carbocycles. The molecular formula is C16H9BrClFN2O3. The Bertz CT molecular complexity index is 901. The molecule has 122 valence electrons. The monoisotopic (exact) mass is 410 g/mol. The molecule has 0 radical (unpaired) electrons. The van der Waals surface area contributed by atoms with Gasteiger partial charge >= 0.3 is 5.97 Å². The lowest BCUT2D eigenvalue weighted by Gasteiger charge is -2.03. The van der Waals surface area contributed by atoms with E-state index < -0.39 is 11.8 Å². The van der Waals surface area contributed by atoms with Gasteiger partial charge in [0.05, 0.1) is 5.56 Å². The van der Waals surface area contributed by atoms with Crippen molar-refractivity contribution >= 4 is 33.5 Å². The standard InChI is InChI=1S/C16H9BrClFN2O3/c17-10-3-1-2-9(6-10)15-20-14(24-21-15)8-23-16(22)12-7-11(18)4-5-13(12)19/h1-7H,8H2. The van der Waals surface area contributed by atoms with Crippen LogP contribution < -0.4 is 0 Å². The quantitative estimate of drug-likeness (QED) is 0.585. The topological polar surface area (TPSA) is 65.2 Å². The summed E-state index contributed by atoms with van der Waals surface area (Å²) in [7, 11) is 0. The van der Waals surface area contributed by atoms with Crippen LogP contribution in [-0.4, -0.2) is 16.1 Å². The molecule has 0 bridgehead atoms. The Hall–Kier alpha value is -2.25. The predicted octanol–water partition coefficient (Wildman–Crippen LogP) is 4.65. The maximum absolute atomic E-state index is 13.6. The Morgan fingerprint density at radius 3 is 2.92 bits per heavy atom. The Labute approximate surface area is 149 Å². The summed E-state index contributed by atoms with van der Waals surface area (Å²) in [6.45, 7) is -0.272. The first-order valence-electron chi connectivity index (χ1n) is 6.73. The SMILES string of the molecule is O=C(OCc1nc(-c2cccc(Br)c2)no1)c1cc(Cl)ccc1F. The number of hydrogen-bond donors (Lipinski definition) is 0. The van der Waals surface area contributed by atoms with E-state index in [4.69, 9.17) is 20.9 Å². The van der Waals surface area contributed by atoms with Gasteiger partial charge in [-0.1, -0.05) is 44.8 Å². The number of halogens is 3. The van der Waals surface area contributed by atoms with Crippen LogP contribution in [0.3, 0.4) is 0 Å². The normalized spacial score (nSPS) is 10.6. The number of nitrogens with zero attached hydrogens (tertiary/aromatic N) is 2. The van der Waals surface area contributed by atoms with E-state index in [1.165, 1.54) is 12.1 Å². The van der Waals surface area contributed by atoms with E-state index in [-0.39, 0.29) is 23.1 Å². The first kappa shape index (κ1) is 16.6. The van der Waals surface area contributed by atoms with Crippen molar-refractivity contribution in [3.63, 3.8) is 0 Å². The van der Waals surface area contributed by atoms with E-state index >= 15 is 0 Å². The van der Waals surface area contributed by atoms with Crippen LogP contribution in [0.25, 0.3) is 11.4 Å². The van der Waals surface area contributed by atoms with Gasteiger partial charge in [0.25, 0.3) is 5.89 Å². The fourth-order valence-corrected chi connectivity index (χ4v) is 2.49. The second kappa shape index (κ2) is 7.11. The van der Waals surface area contributed by atoms with Crippen molar-refractivity contribution in [2.75, 3.05) is 0 Å². The van der Waals surface area contributed by atoms with Crippen LogP contribution in [0.2, 0.25) is 5.02 Å². The number of aromatic nitrogens is 2. The fourth-order valence-electron chi connectivity index (χ4n) is 1.92. The number of rotatable bonds is 4. The van der Waals surface area contributed by atoms with E-state index in [9.17, 15) is 9.18 Å². The van der Waals surface area contributed by atoms with Crippen LogP contribution in [0.15, 0.2) is 51.5 Å². The van der Waals surface area contributed by atoms with Crippen molar-refractivity contribution in [2.45, 2.75) is 6.61 Å². The van der Waals surface area contributed by atoms with Gasteiger partial charge in [0.15, 0.2) is 6.61 Å². The third kappa shape index (κ3) is 3.80. The van der Waals surface area contributed by atoms with Crippen molar-refractivity contribution in [1.82, 2.24) is 10.1 Å². The van der Waals surface area contributed by atoms with Crippen molar-refractivity contribution in [1.29, 1.82) is 0 Å². The molecule has 24 heavy (non-hydrogen) atoms. The Morgan fingerprint density at radius 1 is 1.29 bits per heavy atom. The molecule has 8 heteroatoms. The molecule has 0 saturated carbocycles. The number of carbonyl (C=O) groups excluding carboxylic acids is 1. The zero-order valence-electron chi connectivity index (χ0n) is 12.0. The third-order valence-corrected chi connectivity index (χ3v) is 3.75. The van der Waals surface area contributed by atoms with E-state index in [0.29, 0.717) is 5.82 Å². The maximum Gasteiger partial charge on any atom is 0.341 e. The molecule has 0 saturated heterocycles. The summed E-state index contributed by atoms with van der Waals surface area (Å²) in [4.78, 5) is 16.0. The molecule has 0 N–H and O–H groups in total. The molecule has 3 aromatic rings. The highest BCUT2D eigenvalue weighted by Crippen LogP contribution is 2.21. The average molecular weight is 412 g/mol. The molecule has 5 nitrogen and oxygen atoms in total. The summed E-state index contributed by atoms with van der Waals surface area (Å²) < 4.78 is 24.5. The van der Waals surface area contributed by atoms with Crippen LogP contribution in [0, 0.1) is 5.82 Å². The van der Waals surface area contributed by atoms with E-state index in [1.54, 1.807) is 0 Å². The van der Waals surface area contributed by atoms with Crippen molar-refractivity contribution in [3.05, 3.63) is 69.2 Å². The lowest BCUT2D eigenvalue weighted by atomic mass is 10.2.